The number of aromatic nitrogens is 1. The summed E-state index contributed by atoms with van der Waals surface area (Å²) in [6, 6.07) is 1.85. The molecule has 0 spiro atoms. The molecule has 3 N–H and O–H groups in total. The van der Waals surface area contributed by atoms with Gasteiger partial charge in [-0.1, -0.05) is 6.92 Å². The number of hydrogen-bond acceptors (Lipinski definition) is 4. The van der Waals surface area contributed by atoms with Crippen LogP contribution in [0.2, 0.25) is 0 Å². The average molecular weight is 304 g/mol. The maximum Gasteiger partial charge on any atom is 0.416 e. The Kier molecular flexibility index (Phi) is 6.26. The van der Waals surface area contributed by atoms with Gasteiger partial charge in [0.15, 0.2) is 0 Å². The molecule has 0 aliphatic carbocycles. The highest BCUT2D eigenvalue weighted by Crippen LogP contribution is 2.31. The number of amides is 1. The minimum Gasteiger partial charge on any atom is -0.373 e. The molecule has 5 nitrogen and oxygen atoms in total. The fourth-order valence-electron chi connectivity index (χ4n) is 1.57. The summed E-state index contributed by atoms with van der Waals surface area (Å²) in [5.74, 6) is 0.0467. The lowest BCUT2D eigenvalue weighted by Gasteiger charge is -2.12. The van der Waals surface area contributed by atoms with Crippen LogP contribution in [0, 0.1) is 0 Å². The van der Waals surface area contributed by atoms with Crippen molar-refractivity contribution in [3.8, 4) is 0 Å². The zero-order chi connectivity index (χ0) is 15.9. The van der Waals surface area contributed by atoms with Gasteiger partial charge < -0.3 is 16.0 Å². The van der Waals surface area contributed by atoms with Crippen LogP contribution in [0.4, 0.5) is 24.8 Å². The molecule has 1 aromatic rings. The van der Waals surface area contributed by atoms with E-state index in [9.17, 15) is 18.0 Å². The second kappa shape index (κ2) is 7.70. The molecule has 0 aliphatic heterocycles. The molecule has 0 radical (unpaired) electrons. The normalized spacial score (nSPS) is 11.1. The fourth-order valence-corrected chi connectivity index (χ4v) is 1.57. The molecule has 1 amide bonds. The van der Waals surface area contributed by atoms with E-state index in [-0.39, 0.29) is 30.5 Å². The molecule has 1 rings (SSSR count). The van der Waals surface area contributed by atoms with Gasteiger partial charge in [-0.05, 0) is 18.6 Å². The van der Waals surface area contributed by atoms with Crippen molar-refractivity contribution in [2.75, 3.05) is 30.8 Å². The molecule has 0 saturated carbocycles. The van der Waals surface area contributed by atoms with E-state index in [0.29, 0.717) is 6.54 Å². The Balaban J connectivity index is 2.64. The average Bonchev–Trinajstić information content (AvgIpc) is 2.43. The first-order valence-corrected chi connectivity index (χ1v) is 6.64. The van der Waals surface area contributed by atoms with E-state index in [2.05, 4.69) is 20.9 Å². The Hall–Kier alpha value is -1.99. The number of nitrogens with zero attached hydrogens (tertiary/aromatic N) is 1. The molecule has 8 heteroatoms. The highest BCUT2D eigenvalue weighted by molar-refractivity contribution is 5.76. The smallest absolute Gasteiger partial charge is 0.373 e. The zero-order valence-corrected chi connectivity index (χ0v) is 12.0. The Morgan fingerprint density at radius 2 is 1.90 bits per heavy atom. The molecule has 0 unspecified atom stereocenters. The summed E-state index contributed by atoms with van der Waals surface area (Å²) in [6.07, 6.45) is -3.43. The molecule has 0 aliphatic rings. The quantitative estimate of drug-likeness (QED) is 0.724. The molecule has 21 heavy (non-hydrogen) atoms. The predicted molar refractivity (Wildman–Crippen MR) is 75.2 cm³/mol. The third-order valence-corrected chi connectivity index (χ3v) is 2.64. The SMILES string of the molecule is CCCNC(=O)CCNc1cc(C(F)(F)F)cc(NC)n1. The van der Waals surface area contributed by atoms with Gasteiger partial charge in [-0.2, -0.15) is 13.2 Å². The molecular weight excluding hydrogens is 285 g/mol. The van der Waals surface area contributed by atoms with Gasteiger partial charge in [-0.25, -0.2) is 4.98 Å². The molecule has 0 saturated heterocycles. The monoisotopic (exact) mass is 304 g/mol. The van der Waals surface area contributed by atoms with Crippen LogP contribution in [0.1, 0.15) is 25.3 Å². The number of carbonyl (C=O) groups excluding carboxylic acids is 1. The van der Waals surface area contributed by atoms with Crippen molar-refractivity contribution < 1.29 is 18.0 Å². The molecule has 0 aromatic carbocycles. The first kappa shape index (κ1) is 17.1. The number of pyridine rings is 1. The molecule has 0 fully saturated rings. The van der Waals surface area contributed by atoms with Crippen LogP contribution in [0.3, 0.4) is 0 Å². The Bertz CT molecular complexity index is 477. The number of rotatable bonds is 7. The number of hydrogen-bond donors (Lipinski definition) is 3. The van der Waals surface area contributed by atoms with Gasteiger partial charge in [0.05, 0.1) is 5.56 Å². The minimum atomic E-state index is -4.44. The highest BCUT2D eigenvalue weighted by Gasteiger charge is 2.31. The van der Waals surface area contributed by atoms with Crippen LogP contribution in [0.5, 0.6) is 0 Å². The summed E-state index contributed by atoms with van der Waals surface area (Å²) in [5.41, 5.74) is -0.792. The van der Waals surface area contributed by atoms with Crippen molar-refractivity contribution in [2.45, 2.75) is 25.9 Å². The Morgan fingerprint density at radius 1 is 1.24 bits per heavy atom. The number of halogens is 3. The van der Waals surface area contributed by atoms with Crippen LogP contribution in [0.15, 0.2) is 12.1 Å². The van der Waals surface area contributed by atoms with Crippen LogP contribution < -0.4 is 16.0 Å². The summed E-state index contributed by atoms with van der Waals surface area (Å²) >= 11 is 0. The van der Waals surface area contributed by atoms with Crippen LogP contribution in [0.25, 0.3) is 0 Å². The van der Waals surface area contributed by atoms with Gasteiger partial charge in [-0.15, -0.1) is 0 Å². The summed E-state index contributed by atoms with van der Waals surface area (Å²) in [5, 5.41) is 7.99. The van der Waals surface area contributed by atoms with Crippen LogP contribution in [-0.4, -0.2) is 31.0 Å². The molecule has 1 aromatic heterocycles. The third-order valence-electron chi connectivity index (χ3n) is 2.64. The van der Waals surface area contributed by atoms with Crippen molar-refractivity contribution in [3.05, 3.63) is 17.7 Å². The van der Waals surface area contributed by atoms with Gasteiger partial charge in [0.2, 0.25) is 5.91 Å². The van der Waals surface area contributed by atoms with E-state index in [1.807, 2.05) is 6.92 Å². The van der Waals surface area contributed by atoms with Crippen LogP contribution >= 0.6 is 0 Å². The number of carbonyl (C=O) groups is 1. The Morgan fingerprint density at radius 3 is 2.48 bits per heavy atom. The van der Waals surface area contributed by atoms with E-state index in [0.717, 1.165) is 18.6 Å². The van der Waals surface area contributed by atoms with E-state index in [1.54, 1.807) is 0 Å². The summed E-state index contributed by atoms with van der Waals surface area (Å²) in [4.78, 5) is 15.3. The van der Waals surface area contributed by atoms with E-state index in [1.165, 1.54) is 7.05 Å². The first-order chi connectivity index (χ1) is 9.86. The number of nitrogens with one attached hydrogen (secondary N) is 3. The standard InChI is InChI=1S/C13H19F3N4O/c1-3-5-19-12(21)4-6-18-11-8-9(13(14,15)16)7-10(17-2)20-11/h7-8H,3-6H2,1-2H3,(H,19,21)(H2,17,18,20). The summed E-state index contributed by atoms with van der Waals surface area (Å²) in [7, 11) is 1.49. The minimum absolute atomic E-state index is 0.0810. The lowest BCUT2D eigenvalue weighted by Crippen LogP contribution is -2.26. The van der Waals surface area contributed by atoms with Gasteiger partial charge in [0.1, 0.15) is 11.6 Å². The fraction of sp³-hybridized carbons (Fsp3) is 0.538. The molecule has 0 atom stereocenters. The first-order valence-electron chi connectivity index (χ1n) is 6.64. The highest BCUT2D eigenvalue weighted by atomic mass is 19.4. The summed E-state index contributed by atoms with van der Waals surface area (Å²) < 4.78 is 38.2. The third kappa shape index (κ3) is 5.88. The molecule has 118 valence electrons. The second-order valence-corrected chi connectivity index (χ2v) is 4.40. The van der Waals surface area contributed by atoms with E-state index in [4.69, 9.17) is 0 Å². The van der Waals surface area contributed by atoms with Gasteiger partial charge in [-0.3, -0.25) is 4.79 Å². The second-order valence-electron chi connectivity index (χ2n) is 4.40. The molecular formula is C13H19F3N4O. The van der Waals surface area contributed by atoms with Gasteiger partial charge in [0, 0.05) is 26.6 Å². The van der Waals surface area contributed by atoms with Crippen molar-refractivity contribution in [2.24, 2.45) is 0 Å². The zero-order valence-electron chi connectivity index (χ0n) is 12.0. The van der Waals surface area contributed by atoms with Crippen molar-refractivity contribution in [1.82, 2.24) is 10.3 Å². The van der Waals surface area contributed by atoms with Gasteiger partial charge >= 0.3 is 6.18 Å². The van der Waals surface area contributed by atoms with Crippen molar-refractivity contribution in [1.29, 1.82) is 0 Å². The van der Waals surface area contributed by atoms with E-state index >= 15 is 0 Å². The van der Waals surface area contributed by atoms with E-state index < -0.39 is 11.7 Å². The topological polar surface area (TPSA) is 66.1 Å². The maximum atomic E-state index is 12.7. The maximum absolute atomic E-state index is 12.7. The lowest BCUT2D eigenvalue weighted by molar-refractivity contribution is -0.137. The molecule has 0 bridgehead atoms. The Labute approximate surface area is 121 Å². The lowest BCUT2D eigenvalue weighted by atomic mass is 10.2. The summed E-state index contributed by atoms with van der Waals surface area (Å²) in [6.45, 7) is 2.74. The predicted octanol–water partition coefficient (Wildman–Crippen LogP) is 2.47. The van der Waals surface area contributed by atoms with Crippen molar-refractivity contribution in [3.63, 3.8) is 0 Å². The van der Waals surface area contributed by atoms with Crippen molar-refractivity contribution >= 4 is 17.5 Å². The van der Waals surface area contributed by atoms with Crippen LogP contribution in [-0.2, 0) is 11.0 Å². The number of alkyl halides is 3. The molecule has 1 heterocycles. The largest absolute Gasteiger partial charge is 0.416 e. The number of anilines is 2. The van der Waals surface area contributed by atoms with Gasteiger partial charge in [0.25, 0.3) is 0 Å².